The Labute approximate surface area is 174 Å². The third kappa shape index (κ3) is 3.79. The second kappa shape index (κ2) is 8.06. The van der Waals surface area contributed by atoms with E-state index in [1.54, 1.807) is 46.7 Å². The molecule has 1 aromatic carbocycles. The Morgan fingerprint density at radius 2 is 1.90 bits per heavy atom. The summed E-state index contributed by atoms with van der Waals surface area (Å²) < 4.78 is 39.3. The summed E-state index contributed by atoms with van der Waals surface area (Å²) in [6, 6.07) is 10.5. The molecular weight excluding hydrogens is 412 g/mol. The van der Waals surface area contributed by atoms with Crippen LogP contribution in [0, 0.1) is 0 Å². The summed E-state index contributed by atoms with van der Waals surface area (Å²) in [5.74, 6) is 0.670. The normalized spacial score (nSPS) is 19.6. The zero-order chi connectivity index (χ0) is 20.5. The van der Waals surface area contributed by atoms with E-state index in [-0.39, 0.29) is 5.91 Å². The van der Waals surface area contributed by atoms with E-state index in [4.69, 9.17) is 9.47 Å². The van der Waals surface area contributed by atoms with Crippen molar-refractivity contribution in [3.05, 3.63) is 47.3 Å². The monoisotopic (exact) mass is 436 g/mol. The molecule has 0 bridgehead atoms. The van der Waals surface area contributed by atoms with Gasteiger partial charge in [-0.2, -0.15) is 4.31 Å². The van der Waals surface area contributed by atoms with Gasteiger partial charge in [0, 0.05) is 38.0 Å². The van der Waals surface area contributed by atoms with Gasteiger partial charge in [-0.1, -0.05) is 6.07 Å². The minimum Gasteiger partial charge on any atom is -0.494 e. The second-order valence-electron chi connectivity index (χ2n) is 7.05. The van der Waals surface area contributed by atoms with Crippen LogP contribution in [-0.2, 0) is 14.8 Å². The lowest BCUT2D eigenvalue weighted by Crippen LogP contribution is -2.55. The summed E-state index contributed by atoms with van der Waals surface area (Å²) >= 11 is 1.21. The number of ether oxygens (including phenoxy) is 2. The molecule has 0 N–H and O–H groups in total. The molecule has 2 saturated heterocycles. The molecule has 1 aromatic heterocycles. The molecule has 0 radical (unpaired) electrons. The number of nitrogens with zero attached hydrogens (tertiary/aromatic N) is 2. The summed E-state index contributed by atoms with van der Waals surface area (Å²) in [4.78, 5) is 14.6. The molecule has 9 heteroatoms. The zero-order valence-corrected chi connectivity index (χ0v) is 17.9. The van der Waals surface area contributed by atoms with Crippen molar-refractivity contribution in [3.8, 4) is 5.75 Å². The molecule has 29 heavy (non-hydrogen) atoms. The van der Waals surface area contributed by atoms with Crippen LogP contribution >= 0.6 is 11.3 Å². The van der Waals surface area contributed by atoms with Crippen LogP contribution in [0.3, 0.4) is 0 Å². The third-order valence-electron chi connectivity index (χ3n) is 5.40. The Balaban J connectivity index is 1.46. The van der Waals surface area contributed by atoms with Crippen molar-refractivity contribution in [2.45, 2.75) is 29.7 Å². The maximum Gasteiger partial charge on any atom is 0.255 e. The Hall–Kier alpha value is -1.94. The molecule has 156 valence electrons. The first-order valence-electron chi connectivity index (χ1n) is 9.69. The summed E-state index contributed by atoms with van der Waals surface area (Å²) in [7, 11) is -3.59. The highest BCUT2D eigenvalue weighted by Gasteiger charge is 2.51. The van der Waals surface area contributed by atoms with Gasteiger partial charge in [0.25, 0.3) is 15.9 Å². The van der Waals surface area contributed by atoms with E-state index in [2.05, 4.69) is 0 Å². The highest BCUT2D eigenvalue weighted by molar-refractivity contribution is 7.91. The fourth-order valence-electron chi connectivity index (χ4n) is 3.95. The van der Waals surface area contributed by atoms with Crippen LogP contribution in [0.1, 0.15) is 30.1 Å². The van der Waals surface area contributed by atoms with Gasteiger partial charge in [0.1, 0.15) is 15.7 Å². The minimum absolute atomic E-state index is 0.0615. The van der Waals surface area contributed by atoms with Gasteiger partial charge >= 0.3 is 0 Å². The molecule has 3 heterocycles. The average molecular weight is 437 g/mol. The van der Waals surface area contributed by atoms with Crippen molar-refractivity contribution in [1.82, 2.24) is 9.21 Å². The van der Waals surface area contributed by atoms with Gasteiger partial charge in [-0.3, -0.25) is 4.79 Å². The molecular formula is C20H24N2O5S2. The molecule has 7 nitrogen and oxygen atoms in total. The summed E-state index contributed by atoms with van der Waals surface area (Å²) in [6.07, 6.45) is 0.917. The highest BCUT2D eigenvalue weighted by Crippen LogP contribution is 2.39. The van der Waals surface area contributed by atoms with Gasteiger partial charge in [-0.25, -0.2) is 8.42 Å². The van der Waals surface area contributed by atoms with E-state index in [1.807, 2.05) is 6.92 Å². The van der Waals surface area contributed by atoms with Gasteiger partial charge in [0.2, 0.25) is 0 Å². The lowest BCUT2D eigenvalue weighted by molar-refractivity contribution is -0.0856. The SMILES string of the molecule is CCOc1ccc(C(=O)N2CCC3(CC2)OCCN3S(=O)(=O)c2cccs2)cc1. The lowest BCUT2D eigenvalue weighted by Gasteiger charge is -2.42. The molecule has 1 spiro atoms. The second-order valence-corrected chi connectivity index (χ2v) is 10.1. The average Bonchev–Trinajstić information content (AvgIpc) is 3.40. The standard InChI is InChI=1S/C20H24N2O5S2/c1-2-26-17-7-5-16(6-8-17)19(23)21-11-9-20(10-12-21)22(13-14-27-20)29(24,25)18-4-3-15-28-18/h3-8,15H,2,9-14H2,1H3. The van der Waals surface area contributed by atoms with E-state index in [0.29, 0.717) is 55.5 Å². The first-order valence-corrected chi connectivity index (χ1v) is 12.0. The maximum absolute atomic E-state index is 13.1. The number of piperidine rings is 1. The van der Waals surface area contributed by atoms with Crippen molar-refractivity contribution in [1.29, 1.82) is 0 Å². The van der Waals surface area contributed by atoms with Crippen LogP contribution < -0.4 is 4.74 Å². The van der Waals surface area contributed by atoms with Crippen molar-refractivity contribution < 1.29 is 22.7 Å². The number of likely N-dealkylation sites (tertiary alicyclic amines) is 1. The van der Waals surface area contributed by atoms with Gasteiger partial charge in [-0.15, -0.1) is 11.3 Å². The molecule has 0 atom stereocenters. The lowest BCUT2D eigenvalue weighted by atomic mass is 10.00. The number of thiophene rings is 1. The predicted octanol–water partition coefficient (Wildman–Crippen LogP) is 2.80. The molecule has 0 aliphatic carbocycles. The van der Waals surface area contributed by atoms with Gasteiger partial charge < -0.3 is 14.4 Å². The van der Waals surface area contributed by atoms with Crippen LogP contribution in [-0.4, -0.2) is 62.1 Å². The van der Waals surface area contributed by atoms with Crippen molar-refractivity contribution >= 4 is 27.3 Å². The summed E-state index contributed by atoms with van der Waals surface area (Å²) in [5.41, 5.74) is -0.266. The van der Waals surface area contributed by atoms with E-state index in [0.717, 1.165) is 5.75 Å². The third-order valence-corrected chi connectivity index (χ3v) is 8.73. The fourth-order valence-corrected chi connectivity index (χ4v) is 6.78. The predicted molar refractivity (Wildman–Crippen MR) is 110 cm³/mol. The smallest absolute Gasteiger partial charge is 0.255 e. The molecule has 0 saturated carbocycles. The number of hydrogen-bond acceptors (Lipinski definition) is 6. The summed E-state index contributed by atoms with van der Waals surface area (Å²) in [5, 5.41) is 1.76. The number of amides is 1. The van der Waals surface area contributed by atoms with Crippen LogP contribution in [0.25, 0.3) is 0 Å². The minimum atomic E-state index is -3.59. The molecule has 0 unspecified atom stereocenters. The van der Waals surface area contributed by atoms with E-state index in [9.17, 15) is 13.2 Å². The number of hydrogen-bond donors (Lipinski definition) is 0. The summed E-state index contributed by atoms with van der Waals surface area (Å²) in [6.45, 7) is 4.09. The topological polar surface area (TPSA) is 76.2 Å². The Kier molecular flexibility index (Phi) is 5.65. The zero-order valence-electron chi connectivity index (χ0n) is 16.2. The van der Waals surface area contributed by atoms with Crippen LogP contribution in [0.15, 0.2) is 46.0 Å². The van der Waals surface area contributed by atoms with Crippen molar-refractivity contribution in [3.63, 3.8) is 0 Å². The fraction of sp³-hybridized carbons (Fsp3) is 0.450. The largest absolute Gasteiger partial charge is 0.494 e. The van der Waals surface area contributed by atoms with E-state index in [1.165, 1.54) is 15.6 Å². The number of rotatable bonds is 5. The molecule has 1 amide bonds. The van der Waals surface area contributed by atoms with Crippen LogP contribution in [0.2, 0.25) is 0 Å². The van der Waals surface area contributed by atoms with Crippen LogP contribution in [0.4, 0.5) is 0 Å². The Morgan fingerprint density at radius 3 is 2.52 bits per heavy atom. The molecule has 4 rings (SSSR count). The number of carbonyl (C=O) groups excluding carboxylic acids is 1. The maximum atomic E-state index is 13.1. The van der Waals surface area contributed by atoms with Crippen molar-refractivity contribution in [2.75, 3.05) is 32.8 Å². The van der Waals surface area contributed by atoms with Crippen molar-refractivity contribution in [2.24, 2.45) is 0 Å². The molecule has 2 aromatic rings. The van der Waals surface area contributed by atoms with Gasteiger partial charge in [0.05, 0.1) is 13.2 Å². The van der Waals surface area contributed by atoms with E-state index >= 15 is 0 Å². The first-order chi connectivity index (χ1) is 14.0. The first kappa shape index (κ1) is 20.3. The Bertz CT molecular complexity index is 949. The quantitative estimate of drug-likeness (QED) is 0.720. The number of carbonyl (C=O) groups is 1. The highest BCUT2D eigenvalue weighted by atomic mass is 32.2. The van der Waals surface area contributed by atoms with E-state index < -0.39 is 15.7 Å². The molecule has 2 fully saturated rings. The molecule has 2 aliphatic rings. The number of sulfonamides is 1. The van der Waals surface area contributed by atoms with Crippen LogP contribution in [0.5, 0.6) is 5.75 Å². The molecule has 2 aliphatic heterocycles. The number of benzene rings is 1. The Morgan fingerprint density at radius 1 is 1.17 bits per heavy atom. The van der Waals surface area contributed by atoms with Gasteiger partial charge in [-0.05, 0) is 42.6 Å². The van der Waals surface area contributed by atoms with Gasteiger partial charge in [0.15, 0.2) is 0 Å².